The van der Waals surface area contributed by atoms with E-state index < -0.39 is 29.3 Å². The molecule has 9 heteroatoms. The third kappa shape index (κ3) is 4.20. The molecule has 3 aromatic rings. The van der Waals surface area contributed by atoms with E-state index in [-0.39, 0.29) is 28.5 Å². The highest BCUT2D eigenvalue weighted by atomic mass is 35.5. The minimum Gasteiger partial charge on any atom is -0.507 e. The van der Waals surface area contributed by atoms with Crippen LogP contribution in [0.4, 0.5) is 4.39 Å². The van der Waals surface area contributed by atoms with Gasteiger partial charge in [-0.1, -0.05) is 23.7 Å². The number of benzene rings is 2. The number of likely N-dealkylation sites (tertiary alicyclic amines) is 1. The van der Waals surface area contributed by atoms with E-state index >= 15 is 0 Å². The average Bonchev–Trinajstić information content (AvgIpc) is 3.10. The number of pyridine rings is 1. The van der Waals surface area contributed by atoms with Gasteiger partial charge in [0.1, 0.15) is 23.1 Å². The molecule has 2 heterocycles. The Morgan fingerprint density at radius 3 is 2.32 bits per heavy atom. The van der Waals surface area contributed by atoms with Crippen LogP contribution in [0.3, 0.4) is 0 Å². The van der Waals surface area contributed by atoms with Crippen LogP contribution in [-0.2, 0) is 16.1 Å². The summed E-state index contributed by atoms with van der Waals surface area (Å²) >= 11 is 6.26. The number of aliphatic hydroxyl groups excluding tert-OH is 1. The first-order valence-corrected chi connectivity index (χ1v) is 10.6. The van der Waals surface area contributed by atoms with Gasteiger partial charge in [0.25, 0.3) is 11.7 Å². The summed E-state index contributed by atoms with van der Waals surface area (Å²) in [5.41, 5.74) is 1.19. The molecule has 174 valence electrons. The summed E-state index contributed by atoms with van der Waals surface area (Å²) in [6.45, 7) is 0.0229. The molecule has 7 nitrogen and oxygen atoms in total. The minimum absolute atomic E-state index is 0.0229. The number of Topliss-reactive ketones (excluding diaryl/α,β-unsaturated/α-hetero) is 1. The zero-order chi connectivity index (χ0) is 24.4. The van der Waals surface area contributed by atoms with E-state index in [1.165, 1.54) is 67.9 Å². The number of hydrogen-bond acceptors (Lipinski definition) is 6. The number of aromatic nitrogens is 1. The van der Waals surface area contributed by atoms with Gasteiger partial charge in [-0.3, -0.25) is 14.6 Å². The Hall–Kier alpha value is -3.91. The van der Waals surface area contributed by atoms with Crippen molar-refractivity contribution >= 4 is 29.1 Å². The molecule has 0 spiro atoms. The second kappa shape index (κ2) is 9.52. The van der Waals surface area contributed by atoms with E-state index in [1.54, 1.807) is 12.1 Å². The molecule has 0 aliphatic carbocycles. The van der Waals surface area contributed by atoms with Gasteiger partial charge >= 0.3 is 0 Å². The molecular formula is C25H20ClFN2O5. The second-order valence-electron chi connectivity index (χ2n) is 7.52. The number of ketones is 1. The van der Waals surface area contributed by atoms with Crippen LogP contribution in [0.25, 0.3) is 5.76 Å². The maximum Gasteiger partial charge on any atom is 0.295 e. The van der Waals surface area contributed by atoms with Gasteiger partial charge in [0, 0.05) is 25.0 Å². The van der Waals surface area contributed by atoms with E-state index in [1.807, 2.05) is 0 Å². The molecule has 0 saturated carbocycles. The Bertz CT molecular complexity index is 1280. The van der Waals surface area contributed by atoms with Crippen molar-refractivity contribution in [2.75, 3.05) is 14.2 Å². The third-order valence-corrected chi connectivity index (χ3v) is 5.85. The minimum atomic E-state index is -0.918. The van der Waals surface area contributed by atoms with Crippen LogP contribution in [0, 0.1) is 5.82 Å². The van der Waals surface area contributed by atoms with Gasteiger partial charge < -0.3 is 19.5 Å². The molecule has 1 saturated heterocycles. The molecule has 1 aromatic heterocycles. The number of nitrogens with zero attached hydrogens (tertiary/aromatic N) is 2. The van der Waals surface area contributed by atoms with Crippen molar-refractivity contribution in [3.05, 3.63) is 94.0 Å². The lowest BCUT2D eigenvalue weighted by atomic mass is 9.95. The number of aliphatic hydroxyl groups is 1. The summed E-state index contributed by atoms with van der Waals surface area (Å²) in [4.78, 5) is 31.6. The maximum atomic E-state index is 13.4. The standard InChI is InChI=1S/C25H20ClFN2O5/c1-33-19-12-20(34-2)18(26)11-17(19)23(30)21-22(15-7-9-28-10-8-15)29(25(32)24(21)31)13-14-3-5-16(27)6-4-14/h3-12,22,30H,13H2,1-2H3/b23-21+. The van der Waals surface area contributed by atoms with Gasteiger partial charge in [0.15, 0.2) is 0 Å². The van der Waals surface area contributed by atoms with Gasteiger partial charge in [0.2, 0.25) is 0 Å². The van der Waals surface area contributed by atoms with Gasteiger partial charge in [0.05, 0.1) is 36.4 Å². The maximum absolute atomic E-state index is 13.4. The predicted molar refractivity (Wildman–Crippen MR) is 123 cm³/mol. The van der Waals surface area contributed by atoms with E-state index in [2.05, 4.69) is 4.98 Å². The molecule has 1 atom stereocenters. The van der Waals surface area contributed by atoms with Crippen LogP contribution in [0.1, 0.15) is 22.7 Å². The summed E-state index contributed by atoms with van der Waals surface area (Å²) in [7, 11) is 2.83. The molecule has 0 bridgehead atoms. The van der Waals surface area contributed by atoms with Crippen LogP contribution in [0.5, 0.6) is 11.5 Å². The molecule has 34 heavy (non-hydrogen) atoms. The van der Waals surface area contributed by atoms with Crippen LogP contribution < -0.4 is 9.47 Å². The van der Waals surface area contributed by atoms with Crippen LogP contribution in [0.2, 0.25) is 5.02 Å². The number of halogens is 2. The van der Waals surface area contributed by atoms with Crippen LogP contribution >= 0.6 is 11.6 Å². The first kappa shape index (κ1) is 23.3. The topological polar surface area (TPSA) is 89.0 Å². The summed E-state index contributed by atoms with van der Waals surface area (Å²) in [6, 6.07) is 10.9. The third-order valence-electron chi connectivity index (χ3n) is 5.56. The first-order valence-electron chi connectivity index (χ1n) is 10.2. The smallest absolute Gasteiger partial charge is 0.295 e. The summed E-state index contributed by atoms with van der Waals surface area (Å²) < 4.78 is 23.9. The Balaban J connectivity index is 1.89. The number of hydrogen-bond donors (Lipinski definition) is 1. The van der Waals surface area contributed by atoms with Crippen molar-refractivity contribution in [1.29, 1.82) is 0 Å². The lowest BCUT2D eigenvalue weighted by Gasteiger charge is -2.25. The van der Waals surface area contributed by atoms with Gasteiger partial charge in [-0.2, -0.15) is 0 Å². The fourth-order valence-electron chi connectivity index (χ4n) is 3.91. The molecule has 0 radical (unpaired) electrons. The van der Waals surface area contributed by atoms with Crippen LogP contribution in [-0.4, -0.2) is 40.9 Å². The molecule has 4 rings (SSSR count). The fourth-order valence-corrected chi connectivity index (χ4v) is 4.15. The Labute approximate surface area is 200 Å². The largest absolute Gasteiger partial charge is 0.507 e. The van der Waals surface area contributed by atoms with Gasteiger partial charge in [-0.15, -0.1) is 0 Å². The summed E-state index contributed by atoms with van der Waals surface area (Å²) in [6.07, 6.45) is 3.05. The van der Waals surface area contributed by atoms with Gasteiger partial charge in [-0.25, -0.2) is 4.39 Å². The highest BCUT2D eigenvalue weighted by Gasteiger charge is 2.46. The first-order chi connectivity index (χ1) is 16.3. The quantitative estimate of drug-likeness (QED) is 0.316. The zero-order valence-corrected chi connectivity index (χ0v) is 19.0. The van der Waals surface area contributed by atoms with Crippen molar-refractivity contribution < 1.29 is 28.6 Å². The molecule has 1 unspecified atom stereocenters. The SMILES string of the molecule is COc1cc(OC)c(/C(O)=C2\C(=O)C(=O)N(Cc3ccc(F)cc3)C2c2ccncc2)cc1Cl. The van der Waals surface area contributed by atoms with Crippen molar-refractivity contribution in [2.45, 2.75) is 12.6 Å². The highest BCUT2D eigenvalue weighted by Crippen LogP contribution is 2.43. The molecule has 1 aliphatic heterocycles. The average molecular weight is 483 g/mol. The van der Waals surface area contributed by atoms with Crippen LogP contribution in [0.15, 0.2) is 66.5 Å². The monoisotopic (exact) mass is 482 g/mol. The molecular weight excluding hydrogens is 463 g/mol. The molecule has 1 fully saturated rings. The Kier molecular flexibility index (Phi) is 6.51. The number of methoxy groups -OCH3 is 2. The lowest BCUT2D eigenvalue weighted by Crippen LogP contribution is -2.29. The Morgan fingerprint density at radius 1 is 1.06 bits per heavy atom. The molecule has 1 aliphatic rings. The van der Waals surface area contributed by atoms with Crippen molar-refractivity contribution in [3.8, 4) is 11.5 Å². The summed E-state index contributed by atoms with van der Waals surface area (Å²) in [5, 5.41) is 11.5. The van der Waals surface area contributed by atoms with E-state index in [4.69, 9.17) is 21.1 Å². The van der Waals surface area contributed by atoms with E-state index in [0.29, 0.717) is 16.9 Å². The second-order valence-corrected chi connectivity index (χ2v) is 7.93. The van der Waals surface area contributed by atoms with Gasteiger partial charge in [-0.05, 0) is 41.5 Å². The van der Waals surface area contributed by atoms with E-state index in [9.17, 15) is 19.1 Å². The summed E-state index contributed by atoms with van der Waals surface area (Å²) in [5.74, 6) is -2.00. The normalized spacial score (nSPS) is 17.2. The molecule has 2 aromatic carbocycles. The predicted octanol–water partition coefficient (Wildman–Crippen LogP) is 4.51. The van der Waals surface area contributed by atoms with Crippen molar-refractivity contribution in [3.63, 3.8) is 0 Å². The number of rotatable bonds is 6. The number of carbonyl (C=O) groups excluding carboxylic acids is 2. The number of amides is 1. The lowest BCUT2D eigenvalue weighted by molar-refractivity contribution is -0.140. The van der Waals surface area contributed by atoms with Crippen molar-refractivity contribution in [2.24, 2.45) is 0 Å². The molecule has 1 amide bonds. The highest BCUT2D eigenvalue weighted by molar-refractivity contribution is 6.46. The fraction of sp³-hybridized carbons (Fsp3) is 0.160. The zero-order valence-electron chi connectivity index (χ0n) is 18.3. The van der Waals surface area contributed by atoms with Crippen molar-refractivity contribution in [1.82, 2.24) is 9.88 Å². The number of ether oxygens (including phenoxy) is 2. The number of carbonyl (C=O) groups is 2. The molecule has 1 N–H and O–H groups in total. The van der Waals surface area contributed by atoms with E-state index in [0.717, 1.165) is 0 Å². The Morgan fingerprint density at radius 2 is 1.71 bits per heavy atom.